The minimum absolute atomic E-state index is 0.106. The average Bonchev–Trinajstić information content (AvgIpc) is 3.54. The summed E-state index contributed by atoms with van der Waals surface area (Å²) in [6.07, 6.45) is 6.02. The lowest BCUT2D eigenvalue weighted by Crippen LogP contribution is -2.65. The highest BCUT2D eigenvalue weighted by Gasteiger charge is 2.48. The van der Waals surface area contributed by atoms with Crippen LogP contribution in [0, 0.1) is 5.92 Å². The van der Waals surface area contributed by atoms with Crippen molar-refractivity contribution in [3.8, 4) is 17.2 Å². The van der Waals surface area contributed by atoms with Gasteiger partial charge in [0, 0.05) is 12.6 Å². The molecule has 190 valence electrons. The summed E-state index contributed by atoms with van der Waals surface area (Å²) in [5, 5.41) is 3.33. The highest BCUT2D eigenvalue weighted by molar-refractivity contribution is 6.00. The zero-order chi connectivity index (χ0) is 25.3. The first kappa shape index (κ1) is 24.2. The molecular formula is C29H35N3O4. The normalized spacial score (nSPS) is 23.9. The van der Waals surface area contributed by atoms with Gasteiger partial charge in [-0.2, -0.15) is 0 Å². The van der Waals surface area contributed by atoms with Gasteiger partial charge >= 0.3 is 0 Å². The van der Waals surface area contributed by atoms with Gasteiger partial charge in [0.05, 0.1) is 25.1 Å². The molecule has 1 aliphatic carbocycles. The van der Waals surface area contributed by atoms with Crippen LogP contribution < -0.4 is 10.1 Å². The van der Waals surface area contributed by atoms with Gasteiger partial charge in [-0.15, -0.1) is 0 Å². The Morgan fingerprint density at radius 3 is 2.56 bits per heavy atom. The van der Waals surface area contributed by atoms with Gasteiger partial charge in [-0.1, -0.05) is 31.9 Å². The standard InChI is InChI=1S/C29H35N3O4/c1-4-35-22-13-11-21(12-14-22)18-32-27(33)25-16-15-24(26-10-7-17-36-26)31(25)19-29(32,3)28(34)30-23-9-6-5-8-20(23)2/h7,10-17,20,23H,4-6,8-9,18-19H2,1-3H3,(H,30,34)/t20-,23-,29-/m1/s1. The quantitative estimate of drug-likeness (QED) is 0.491. The monoisotopic (exact) mass is 489 g/mol. The molecule has 1 N–H and O–H groups in total. The van der Waals surface area contributed by atoms with Crippen molar-refractivity contribution in [2.75, 3.05) is 6.61 Å². The van der Waals surface area contributed by atoms with Crippen LogP contribution in [0.4, 0.5) is 0 Å². The fourth-order valence-corrected chi connectivity index (χ4v) is 5.56. The van der Waals surface area contributed by atoms with Crippen LogP contribution in [0.2, 0.25) is 0 Å². The predicted molar refractivity (Wildman–Crippen MR) is 138 cm³/mol. The minimum atomic E-state index is -1.07. The first-order valence-electron chi connectivity index (χ1n) is 13.0. The smallest absolute Gasteiger partial charge is 0.271 e. The highest BCUT2D eigenvalue weighted by atomic mass is 16.5. The molecule has 7 heteroatoms. The van der Waals surface area contributed by atoms with Crippen molar-refractivity contribution in [3.05, 3.63) is 66.1 Å². The Hall–Kier alpha value is -3.48. The number of carbonyl (C=O) groups excluding carboxylic acids is 2. The van der Waals surface area contributed by atoms with E-state index in [1.54, 1.807) is 11.2 Å². The van der Waals surface area contributed by atoms with E-state index in [1.807, 2.05) is 66.9 Å². The summed E-state index contributed by atoms with van der Waals surface area (Å²) >= 11 is 0. The molecule has 3 atom stereocenters. The summed E-state index contributed by atoms with van der Waals surface area (Å²) < 4.78 is 13.1. The molecule has 0 spiro atoms. The van der Waals surface area contributed by atoms with Gasteiger partial charge in [-0.25, -0.2) is 0 Å². The van der Waals surface area contributed by atoms with Crippen molar-refractivity contribution < 1.29 is 18.7 Å². The molecule has 1 saturated carbocycles. The van der Waals surface area contributed by atoms with Crippen molar-refractivity contribution in [1.29, 1.82) is 0 Å². The average molecular weight is 490 g/mol. The largest absolute Gasteiger partial charge is 0.494 e. The molecule has 7 nitrogen and oxygen atoms in total. The predicted octanol–water partition coefficient (Wildman–Crippen LogP) is 5.26. The SMILES string of the molecule is CCOc1ccc(CN2C(=O)c3ccc(-c4ccco4)n3C[C@]2(C)C(=O)N[C@@H]2CCCC[C@H]2C)cc1. The second-order valence-electron chi connectivity index (χ2n) is 10.3. The molecule has 36 heavy (non-hydrogen) atoms. The summed E-state index contributed by atoms with van der Waals surface area (Å²) in [5.41, 5.74) is 1.24. The highest BCUT2D eigenvalue weighted by Crippen LogP contribution is 2.35. The van der Waals surface area contributed by atoms with Crippen LogP contribution in [0.15, 0.2) is 59.2 Å². The maximum absolute atomic E-state index is 14.0. The molecule has 0 bridgehead atoms. The number of aromatic nitrogens is 1. The molecule has 1 aromatic carbocycles. The van der Waals surface area contributed by atoms with E-state index >= 15 is 0 Å². The fraction of sp³-hybridized carbons (Fsp3) is 0.448. The Morgan fingerprint density at radius 2 is 1.86 bits per heavy atom. The van der Waals surface area contributed by atoms with E-state index in [0.717, 1.165) is 36.3 Å². The molecule has 0 radical (unpaired) electrons. The topological polar surface area (TPSA) is 76.7 Å². The number of nitrogens with one attached hydrogen (secondary N) is 1. The van der Waals surface area contributed by atoms with E-state index in [9.17, 15) is 9.59 Å². The van der Waals surface area contributed by atoms with Gasteiger partial charge in [0.25, 0.3) is 5.91 Å². The van der Waals surface area contributed by atoms with Gasteiger partial charge in [-0.05, 0) is 74.6 Å². The Bertz CT molecular complexity index is 1210. The summed E-state index contributed by atoms with van der Waals surface area (Å²) in [5.74, 6) is 1.62. The van der Waals surface area contributed by atoms with Gasteiger partial charge in [0.1, 0.15) is 22.7 Å². The number of benzene rings is 1. The molecule has 3 heterocycles. The van der Waals surface area contributed by atoms with Crippen molar-refractivity contribution in [3.63, 3.8) is 0 Å². The molecule has 3 aromatic rings. The molecule has 0 saturated heterocycles. The molecule has 2 aromatic heterocycles. The van der Waals surface area contributed by atoms with Crippen molar-refractivity contribution >= 4 is 11.8 Å². The third-order valence-electron chi connectivity index (χ3n) is 7.77. The number of carbonyl (C=O) groups is 2. The fourth-order valence-electron chi connectivity index (χ4n) is 5.56. The van der Waals surface area contributed by atoms with Gasteiger partial charge < -0.3 is 23.9 Å². The van der Waals surface area contributed by atoms with Crippen LogP contribution >= 0.6 is 0 Å². The van der Waals surface area contributed by atoms with Gasteiger partial charge in [-0.3, -0.25) is 9.59 Å². The number of fused-ring (bicyclic) bond motifs is 1. The molecular weight excluding hydrogens is 454 g/mol. The van der Waals surface area contributed by atoms with E-state index in [4.69, 9.17) is 9.15 Å². The lowest BCUT2D eigenvalue weighted by molar-refractivity contribution is -0.134. The van der Waals surface area contributed by atoms with Crippen LogP contribution in [0.5, 0.6) is 5.75 Å². The molecule has 1 aliphatic heterocycles. The number of furan rings is 1. The van der Waals surface area contributed by atoms with Crippen molar-refractivity contribution in [1.82, 2.24) is 14.8 Å². The van der Waals surface area contributed by atoms with E-state index in [-0.39, 0.29) is 17.9 Å². The van der Waals surface area contributed by atoms with Crippen LogP contribution in [0.25, 0.3) is 11.5 Å². The van der Waals surface area contributed by atoms with Gasteiger partial charge in [0.2, 0.25) is 5.91 Å². The minimum Gasteiger partial charge on any atom is -0.494 e. The second-order valence-corrected chi connectivity index (χ2v) is 10.3. The molecule has 1 fully saturated rings. The Balaban J connectivity index is 1.50. The van der Waals surface area contributed by atoms with E-state index < -0.39 is 5.54 Å². The van der Waals surface area contributed by atoms with E-state index in [0.29, 0.717) is 37.1 Å². The molecule has 2 amide bonds. The second kappa shape index (κ2) is 9.88. The first-order chi connectivity index (χ1) is 17.4. The van der Waals surface area contributed by atoms with Gasteiger partial charge in [0.15, 0.2) is 0 Å². The Labute approximate surface area is 212 Å². The van der Waals surface area contributed by atoms with Crippen LogP contribution in [-0.2, 0) is 17.9 Å². The maximum atomic E-state index is 14.0. The van der Waals surface area contributed by atoms with Crippen LogP contribution in [0.3, 0.4) is 0 Å². The zero-order valence-electron chi connectivity index (χ0n) is 21.3. The lowest BCUT2D eigenvalue weighted by atomic mass is 9.85. The number of nitrogens with zero attached hydrogens (tertiary/aromatic N) is 2. The Morgan fingerprint density at radius 1 is 1.11 bits per heavy atom. The summed E-state index contributed by atoms with van der Waals surface area (Å²) in [7, 11) is 0. The summed E-state index contributed by atoms with van der Waals surface area (Å²) in [6, 6.07) is 15.3. The van der Waals surface area contributed by atoms with Crippen molar-refractivity contribution in [2.45, 2.75) is 71.1 Å². The van der Waals surface area contributed by atoms with E-state index in [1.165, 1.54) is 6.42 Å². The number of rotatable bonds is 7. The van der Waals surface area contributed by atoms with Crippen LogP contribution in [-0.4, -0.2) is 39.5 Å². The molecule has 5 rings (SSSR count). The van der Waals surface area contributed by atoms with Crippen molar-refractivity contribution in [2.24, 2.45) is 5.92 Å². The third kappa shape index (κ3) is 4.43. The first-order valence-corrected chi connectivity index (χ1v) is 13.0. The number of hydrogen-bond acceptors (Lipinski definition) is 4. The number of amides is 2. The number of hydrogen-bond donors (Lipinski definition) is 1. The molecule has 2 aliphatic rings. The summed E-state index contributed by atoms with van der Waals surface area (Å²) in [6.45, 7) is 7.31. The third-order valence-corrected chi connectivity index (χ3v) is 7.77. The lowest BCUT2D eigenvalue weighted by Gasteiger charge is -2.45. The van der Waals surface area contributed by atoms with Crippen LogP contribution in [0.1, 0.15) is 62.5 Å². The Kier molecular flexibility index (Phi) is 6.65. The zero-order valence-corrected chi connectivity index (χ0v) is 21.3. The summed E-state index contributed by atoms with van der Waals surface area (Å²) in [4.78, 5) is 29.6. The molecule has 0 unspecified atom stereocenters. The number of ether oxygens (including phenoxy) is 1. The maximum Gasteiger partial charge on any atom is 0.271 e. The van der Waals surface area contributed by atoms with E-state index in [2.05, 4.69) is 12.2 Å².